The summed E-state index contributed by atoms with van der Waals surface area (Å²) in [7, 11) is 8.11. The van der Waals surface area contributed by atoms with Crippen molar-refractivity contribution >= 4 is 17.7 Å². The van der Waals surface area contributed by atoms with Crippen molar-refractivity contribution in [2.45, 2.75) is 74.8 Å². The van der Waals surface area contributed by atoms with E-state index in [-0.39, 0.29) is 72.5 Å². The van der Waals surface area contributed by atoms with E-state index in [1.54, 1.807) is 0 Å². The van der Waals surface area contributed by atoms with Gasteiger partial charge in [0.2, 0.25) is 0 Å². The van der Waals surface area contributed by atoms with Gasteiger partial charge in [-0.1, -0.05) is 24.3 Å². The van der Waals surface area contributed by atoms with Crippen molar-refractivity contribution in [1.29, 1.82) is 0 Å². The molecule has 2 saturated heterocycles. The van der Waals surface area contributed by atoms with Crippen molar-refractivity contribution in [1.82, 2.24) is 0 Å². The molecule has 9 nitrogen and oxygen atoms in total. The van der Waals surface area contributed by atoms with Gasteiger partial charge in [-0.05, 0) is 56.8 Å². The van der Waals surface area contributed by atoms with Crippen LogP contribution in [-0.4, -0.2) is 92.6 Å². The number of carbonyl (C=O) groups excluding carboxylic acids is 3. The predicted molar refractivity (Wildman–Crippen MR) is 156 cm³/mol. The van der Waals surface area contributed by atoms with Crippen LogP contribution in [0.4, 0.5) is 0 Å². The molecular formula is C34H50N2O7+2. The Bertz CT molecular complexity index is 1280. The topological polar surface area (TPSA) is 119 Å². The summed E-state index contributed by atoms with van der Waals surface area (Å²) in [5.41, 5.74) is -2.69. The molecular weight excluding hydrogens is 548 g/mol. The van der Waals surface area contributed by atoms with Crippen LogP contribution >= 0.6 is 0 Å². The third-order valence-electron chi connectivity index (χ3n) is 13.4. The highest BCUT2D eigenvalue weighted by atomic mass is 16.6. The lowest BCUT2D eigenvalue weighted by Crippen LogP contribution is -3.06. The van der Waals surface area contributed by atoms with Gasteiger partial charge in [-0.3, -0.25) is 14.4 Å². The van der Waals surface area contributed by atoms with Gasteiger partial charge >= 0.3 is 11.9 Å². The summed E-state index contributed by atoms with van der Waals surface area (Å²) in [6, 6.07) is 0. The number of ether oxygens (including phenoxy) is 2. The van der Waals surface area contributed by atoms with Crippen LogP contribution in [0.2, 0.25) is 0 Å². The first-order valence-electron chi connectivity index (χ1n) is 16.6. The molecule has 5 saturated carbocycles. The van der Waals surface area contributed by atoms with Gasteiger partial charge in [-0.2, -0.15) is 0 Å². The zero-order valence-corrected chi connectivity index (χ0v) is 26.2. The summed E-state index contributed by atoms with van der Waals surface area (Å²) < 4.78 is 12.4. The first kappa shape index (κ1) is 29.6. The number of aliphatic hydroxyl groups is 2. The Kier molecular flexibility index (Phi) is 6.69. The molecule has 0 bridgehead atoms. The molecule has 7 rings (SSSR count). The normalized spacial score (nSPS) is 50.4. The minimum Gasteiger partial charge on any atom is -0.461 e. The maximum atomic E-state index is 14.5. The van der Waals surface area contributed by atoms with Crippen molar-refractivity contribution in [3.8, 4) is 0 Å². The number of rotatable bonds is 4. The van der Waals surface area contributed by atoms with E-state index in [0.717, 1.165) is 40.2 Å². The molecule has 13 atom stereocenters. The van der Waals surface area contributed by atoms with Gasteiger partial charge in [-0.15, -0.1) is 0 Å². The van der Waals surface area contributed by atoms with Gasteiger partial charge in [0.15, 0.2) is 0 Å². The molecule has 0 radical (unpaired) electrons. The molecule has 0 aromatic carbocycles. The smallest absolute Gasteiger partial charge is 0.315 e. The van der Waals surface area contributed by atoms with Crippen molar-refractivity contribution in [3.05, 3.63) is 24.3 Å². The second-order valence-electron chi connectivity index (χ2n) is 15.9. The maximum absolute atomic E-state index is 14.5. The van der Waals surface area contributed by atoms with Crippen LogP contribution in [0.1, 0.15) is 51.4 Å². The van der Waals surface area contributed by atoms with Crippen LogP contribution < -0.4 is 9.80 Å². The average molecular weight is 599 g/mol. The summed E-state index contributed by atoms with van der Waals surface area (Å²) in [5, 5.41) is 26.0. The van der Waals surface area contributed by atoms with E-state index in [1.165, 1.54) is 0 Å². The highest BCUT2D eigenvalue weighted by molar-refractivity contribution is 5.91. The molecule has 9 heteroatoms. The second kappa shape index (κ2) is 9.71. The minimum absolute atomic E-state index is 0.0448. The largest absolute Gasteiger partial charge is 0.461 e. The van der Waals surface area contributed by atoms with Crippen LogP contribution in [0.5, 0.6) is 0 Å². The molecule has 0 aromatic heterocycles. The Labute approximate surface area is 254 Å². The van der Waals surface area contributed by atoms with Gasteiger partial charge < -0.3 is 29.5 Å². The molecule has 2 heterocycles. The lowest BCUT2D eigenvalue weighted by molar-refractivity contribution is -0.861. The first-order chi connectivity index (χ1) is 20.2. The van der Waals surface area contributed by atoms with Crippen LogP contribution in [0.15, 0.2) is 24.3 Å². The SMILES string of the molecule is C=C1CC[C@H]2C(C[NH+](C)C)C(=O)O[C@@H]2[C@@H]2[C@H]1C[C@@]1(O)[C@]2(O)CC[C@]12C(=O)C[C@H]1C(=C)CC[C@H]3C(C[NH+](C)C)C(=O)O[C@@H]3[C@H]12. The summed E-state index contributed by atoms with van der Waals surface area (Å²) in [5.74, 6) is -2.60. The van der Waals surface area contributed by atoms with Gasteiger partial charge in [0.1, 0.15) is 41.0 Å². The molecule has 2 unspecified atom stereocenters. The first-order valence-corrected chi connectivity index (χ1v) is 16.6. The zero-order chi connectivity index (χ0) is 30.8. The van der Waals surface area contributed by atoms with Gasteiger partial charge in [0.05, 0.1) is 46.7 Å². The van der Waals surface area contributed by atoms with Crippen molar-refractivity contribution in [2.24, 2.45) is 52.8 Å². The van der Waals surface area contributed by atoms with E-state index in [2.05, 4.69) is 13.2 Å². The number of esters is 2. The Morgan fingerprint density at radius 2 is 1.30 bits per heavy atom. The van der Waals surface area contributed by atoms with Crippen molar-refractivity contribution in [2.75, 3.05) is 41.3 Å². The molecule has 0 aromatic rings. The third-order valence-corrected chi connectivity index (χ3v) is 13.4. The Morgan fingerprint density at radius 3 is 1.84 bits per heavy atom. The molecule has 5 aliphatic carbocycles. The fourth-order valence-electron chi connectivity index (χ4n) is 11.7. The molecule has 2 aliphatic heterocycles. The number of carbonyl (C=O) groups is 3. The minimum atomic E-state index is -1.75. The number of allylic oxidation sites excluding steroid dienone is 2. The Balaban J connectivity index is 1.32. The van der Waals surface area contributed by atoms with E-state index in [9.17, 15) is 24.6 Å². The molecule has 236 valence electrons. The number of ketones is 1. The Hall–Kier alpha value is -2.07. The van der Waals surface area contributed by atoms with Gasteiger partial charge in [0.25, 0.3) is 0 Å². The van der Waals surface area contributed by atoms with Crippen molar-refractivity contribution in [3.63, 3.8) is 0 Å². The monoisotopic (exact) mass is 598 g/mol. The fourth-order valence-corrected chi connectivity index (χ4v) is 11.7. The lowest BCUT2D eigenvalue weighted by atomic mass is 9.59. The van der Waals surface area contributed by atoms with Crippen molar-refractivity contribution < 1.29 is 43.9 Å². The lowest BCUT2D eigenvalue weighted by Gasteiger charge is -2.48. The van der Waals surface area contributed by atoms with Crippen LogP contribution in [0.25, 0.3) is 0 Å². The van der Waals surface area contributed by atoms with E-state index < -0.39 is 40.7 Å². The summed E-state index contributed by atoms with van der Waals surface area (Å²) >= 11 is 0. The number of hydrogen-bond acceptors (Lipinski definition) is 7. The number of nitrogens with one attached hydrogen (secondary N) is 2. The molecule has 1 spiro atoms. The van der Waals surface area contributed by atoms with Gasteiger partial charge in [0, 0.05) is 30.1 Å². The van der Waals surface area contributed by atoms with E-state index in [0.29, 0.717) is 25.9 Å². The standard InChI is InChI=1S/C34H48N2O7/c1-17-7-9-19-23(15-35(3)4)30(38)42-28(19)26-21(17)13-25(37)32(26)11-12-33(40)27-22(14-34(32,33)41)18(2)8-10-20-24(16-36(5)6)31(39)43-29(20)27/h19-24,26-29,40-41H,1-2,7-16H2,3-6H3/p+2/t19-,20-,21-,22-,23?,24?,26-,27-,28-,29-,32+,33-,34-/m0/s1. The van der Waals surface area contributed by atoms with Gasteiger partial charge in [-0.25, -0.2) is 0 Å². The number of fused-ring (bicyclic) bond motifs is 10. The third kappa shape index (κ3) is 3.74. The predicted octanol–water partition coefficient (Wildman–Crippen LogP) is -0.625. The summed E-state index contributed by atoms with van der Waals surface area (Å²) in [6.45, 7) is 10.2. The molecule has 43 heavy (non-hydrogen) atoms. The number of hydrogen-bond donors (Lipinski definition) is 4. The van der Waals surface area contributed by atoms with E-state index in [1.807, 2.05) is 28.2 Å². The summed E-state index contributed by atoms with van der Waals surface area (Å²) in [4.78, 5) is 43.4. The van der Waals surface area contributed by atoms with E-state index >= 15 is 0 Å². The zero-order valence-electron chi connectivity index (χ0n) is 26.2. The van der Waals surface area contributed by atoms with E-state index in [4.69, 9.17) is 9.47 Å². The molecule has 7 aliphatic rings. The maximum Gasteiger partial charge on any atom is 0.315 e. The second-order valence-corrected chi connectivity index (χ2v) is 15.9. The van der Waals surface area contributed by atoms with Crippen LogP contribution in [0.3, 0.4) is 0 Å². The highest BCUT2D eigenvalue weighted by Crippen LogP contribution is 2.74. The molecule has 0 amide bonds. The number of Topliss-reactive ketones (excluding diaryl/α,β-unsaturated/α-hetero) is 1. The fraction of sp³-hybridized carbons (Fsp3) is 0.794. The quantitative estimate of drug-likeness (QED) is 0.252. The molecule has 7 fully saturated rings. The molecule has 4 N–H and O–H groups in total. The highest BCUT2D eigenvalue weighted by Gasteiger charge is 2.83. The van der Waals surface area contributed by atoms with Crippen LogP contribution in [0, 0.1) is 52.8 Å². The number of quaternary nitrogens is 2. The van der Waals surface area contributed by atoms with Crippen LogP contribution in [-0.2, 0) is 23.9 Å². The summed E-state index contributed by atoms with van der Waals surface area (Å²) in [6.07, 6.45) is 2.93. The Morgan fingerprint density at radius 1 is 0.791 bits per heavy atom. The average Bonchev–Trinajstić information content (AvgIpc) is 3.58.